The minimum absolute atomic E-state index is 0.0887. The summed E-state index contributed by atoms with van der Waals surface area (Å²) in [7, 11) is 0. The fourth-order valence-corrected chi connectivity index (χ4v) is 3.87. The average molecular weight is 459 g/mol. The first-order chi connectivity index (χ1) is 15.1. The third-order valence-corrected chi connectivity index (χ3v) is 6.00. The molecule has 5 unspecified atom stereocenters. The van der Waals surface area contributed by atoms with E-state index in [1.807, 2.05) is 39.8 Å². The monoisotopic (exact) mass is 458 g/mol. The summed E-state index contributed by atoms with van der Waals surface area (Å²) in [6.07, 6.45) is -1.63. The van der Waals surface area contributed by atoms with E-state index in [2.05, 4.69) is 16.7 Å². The number of aliphatic hydroxyl groups excluding tert-OH is 2. The van der Waals surface area contributed by atoms with Crippen LogP contribution in [0.4, 0.5) is 0 Å². The Hall–Kier alpha value is -2.47. The molecule has 0 spiro atoms. The van der Waals surface area contributed by atoms with Gasteiger partial charge in [0.1, 0.15) is 12.3 Å². The number of likely N-dealkylation sites (tertiary alicyclic amines) is 1. The van der Waals surface area contributed by atoms with E-state index in [9.17, 15) is 19.8 Å². The van der Waals surface area contributed by atoms with Crippen LogP contribution in [0.2, 0.25) is 0 Å². The van der Waals surface area contributed by atoms with Gasteiger partial charge in [-0.25, -0.2) is 0 Å². The smallest absolute Gasteiger partial charge is 0.246 e. The van der Waals surface area contributed by atoms with Gasteiger partial charge in [0.05, 0.1) is 23.8 Å². The maximum Gasteiger partial charge on any atom is 0.246 e. The Morgan fingerprint density at radius 3 is 2.21 bits per heavy atom. The van der Waals surface area contributed by atoms with Gasteiger partial charge in [-0.1, -0.05) is 53.7 Å². The van der Waals surface area contributed by atoms with Gasteiger partial charge in [-0.3, -0.25) is 14.9 Å². The number of benzene rings is 1. The Morgan fingerprint density at radius 1 is 1.15 bits per heavy atom. The quantitative estimate of drug-likeness (QED) is 0.484. The molecule has 0 radical (unpaired) electrons. The first-order valence-corrected chi connectivity index (χ1v) is 11.4. The Kier molecular flexibility index (Phi) is 8.28. The van der Waals surface area contributed by atoms with Gasteiger partial charge in [-0.05, 0) is 36.5 Å². The van der Waals surface area contributed by atoms with Crippen molar-refractivity contribution in [2.45, 2.75) is 85.3 Å². The number of aliphatic hydroxyl groups is 2. The van der Waals surface area contributed by atoms with E-state index in [4.69, 9.17) is 5.26 Å². The van der Waals surface area contributed by atoms with Crippen LogP contribution >= 0.6 is 0 Å². The van der Waals surface area contributed by atoms with Crippen molar-refractivity contribution in [1.82, 2.24) is 15.5 Å². The van der Waals surface area contributed by atoms with Crippen molar-refractivity contribution in [3.8, 4) is 6.07 Å². The number of hydrogen-bond donors (Lipinski definition) is 4. The van der Waals surface area contributed by atoms with Crippen LogP contribution in [-0.4, -0.2) is 57.9 Å². The van der Waals surface area contributed by atoms with Gasteiger partial charge < -0.3 is 20.4 Å². The molecule has 1 saturated heterocycles. The van der Waals surface area contributed by atoms with Crippen molar-refractivity contribution >= 4 is 11.8 Å². The number of β-amino-alcohol motifs (C(OH)–C–C–N with tert-alkyl or cyclic N) is 1. The highest BCUT2D eigenvalue weighted by Gasteiger charge is 2.45. The van der Waals surface area contributed by atoms with Crippen molar-refractivity contribution in [1.29, 1.82) is 5.26 Å². The van der Waals surface area contributed by atoms with E-state index >= 15 is 0 Å². The number of nitrogens with zero attached hydrogens (tertiary/aromatic N) is 2. The Balaban J connectivity index is 2.20. The van der Waals surface area contributed by atoms with Crippen molar-refractivity contribution in [3.05, 3.63) is 35.4 Å². The highest BCUT2D eigenvalue weighted by molar-refractivity contribution is 5.90. The summed E-state index contributed by atoms with van der Waals surface area (Å²) in [5, 5.41) is 36.2. The Bertz CT molecular complexity index is 880. The standard InChI is InChI=1S/C25H38N4O4/c1-15(17-10-8-16(13-26)9-11-17)27-21(31)19-12-18(30)14-29(19)22(32)20(24(2,3)4)28-23(33)25(5,6)7/h8-11,15,18-21,27,30-31H,12,14H2,1-7H3,(H,28,33). The van der Waals surface area contributed by atoms with Gasteiger partial charge in [0.15, 0.2) is 0 Å². The van der Waals surface area contributed by atoms with Crippen LogP contribution in [0, 0.1) is 22.2 Å². The Morgan fingerprint density at radius 2 is 1.73 bits per heavy atom. The molecule has 5 atom stereocenters. The molecule has 1 aromatic carbocycles. The molecule has 8 heteroatoms. The molecular formula is C25H38N4O4. The van der Waals surface area contributed by atoms with E-state index in [-0.39, 0.29) is 30.8 Å². The summed E-state index contributed by atoms with van der Waals surface area (Å²) >= 11 is 0. The third-order valence-electron chi connectivity index (χ3n) is 6.00. The molecule has 0 aliphatic carbocycles. The van der Waals surface area contributed by atoms with Gasteiger partial charge in [0, 0.05) is 18.0 Å². The van der Waals surface area contributed by atoms with Crippen LogP contribution in [-0.2, 0) is 9.59 Å². The molecule has 1 aliphatic rings. The summed E-state index contributed by atoms with van der Waals surface area (Å²) < 4.78 is 0. The molecule has 0 bridgehead atoms. The van der Waals surface area contributed by atoms with Crippen molar-refractivity contribution in [2.75, 3.05) is 6.54 Å². The number of amides is 2. The molecule has 1 aromatic rings. The third kappa shape index (κ3) is 6.76. The van der Waals surface area contributed by atoms with Gasteiger partial charge in [0.25, 0.3) is 0 Å². The summed E-state index contributed by atoms with van der Waals surface area (Å²) in [6.45, 7) is 13.0. The van der Waals surface area contributed by atoms with Gasteiger partial charge in [-0.2, -0.15) is 5.26 Å². The number of nitrogens with one attached hydrogen (secondary N) is 2. The van der Waals surface area contributed by atoms with Crippen LogP contribution in [0.3, 0.4) is 0 Å². The lowest BCUT2D eigenvalue weighted by atomic mass is 9.84. The second-order valence-electron chi connectivity index (χ2n) is 11.0. The van der Waals surface area contributed by atoms with E-state index in [0.717, 1.165) is 5.56 Å². The van der Waals surface area contributed by atoms with E-state index in [1.165, 1.54) is 4.90 Å². The maximum atomic E-state index is 13.6. The second-order valence-corrected chi connectivity index (χ2v) is 11.0. The first kappa shape index (κ1) is 26.8. The lowest BCUT2D eigenvalue weighted by Gasteiger charge is -2.38. The second kappa shape index (κ2) is 10.2. The predicted molar refractivity (Wildman–Crippen MR) is 126 cm³/mol. The van der Waals surface area contributed by atoms with Crippen LogP contribution < -0.4 is 10.6 Å². The van der Waals surface area contributed by atoms with Gasteiger partial charge >= 0.3 is 0 Å². The molecule has 1 fully saturated rings. The molecule has 2 rings (SSSR count). The fraction of sp³-hybridized carbons (Fsp3) is 0.640. The lowest BCUT2D eigenvalue weighted by Crippen LogP contribution is -2.59. The maximum absolute atomic E-state index is 13.6. The Labute approximate surface area is 197 Å². The summed E-state index contributed by atoms with van der Waals surface area (Å²) in [5.41, 5.74) is 0.206. The van der Waals surface area contributed by atoms with Gasteiger partial charge in [-0.15, -0.1) is 0 Å². The van der Waals surface area contributed by atoms with Crippen molar-refractivity contribution < 1.29 is 19.8 Å². The van der Waals surface area contributed by atoms with Crippen molar-refractivity contribution in [3.63, 3.8) is 0 Å². The molecule has 0 saturated carbocycles. The molecule has 4 N–H and O–H groups in total. The van der Waals surface area contributed by atoms with Crippen LogP contribution in [0.5, 0.6) is 0 Å². The van der Waals surface area contributed by atoms with E-state index in [1.54, 1.807) is 32.9 Å². The molecule has 0 aromatic heterocycles. The number of hydrogen-bond acceptors (Lipinski definition) is 6. The first-order valence-electron chi connectivity index (χ1n) is 11.4. The highest BCUT2D eigenvalue weighted by Crippen LogP contribution is 2.28. The normalized spacial score (nSPS) is 21.8. The number of carbonyl (C=O) groups is 2. The molecule has 182 valence electrons. The molecule has 33 heavy (non-hydrogen) atoms. The topological polar surface area (TPSA) is 126 Å². The van der Waals surface area contributed by atoms with E-state index < -0.39 is 35.2 Å². The minimum atomic E-state index is -1.09. The summed E-state index contributed by atoms with van der Waals surface area (Å²) in [6, 6.07) is 7.42. The zero-order valence-electron chi connectivity index (χ0n) is 20.7. The average Bonchev–Trinajstić information content (AvgIpc) is 3.11. The summed E-state index contributed by atoms with van der Waals surface area (Å²) in [4.78, 5) is 27.7. The highest BCUT2D eigenvalue weighted by atomic mass is 16.3. The molecule has 2 amide bonds. The van der Waals surface area contributed by atoms with Crippen LogP contribution in [0.15, 0.2) is 24.3 Å². The molecular weight excluding hydrogens is 420 g/mol. The molecule has 1 aliphatic heterocycles. The largest absolute Gasteiger partial charge is 0.391 e. The number of carbonyl (C=O) groups excluding carboxylic acids is 2. The van der Waals surface area contributed by atoms with Gasteiger partial charge in [0.2, 0.25) is 11.8 Å². The number of rotatable bonds is 6. The van der Waals surface area contributed by atoms with Crippen molar-refractivity contribution in [2.24, 2.45) is 10.8 Å². The molecule has 1 heterocycles. The van der Waals surface area contributed by atoms with E-state index in [0.29, 0.717) is 5.56 Å². The fourth-order valence-electron chi connectivity index (χ4n) is 3.87. The lowest BCUT2D eigenvalue weighted by molar-refractivity contribution is -0.144. The zero-order valence-corrected chi connectivity index (χ0v) is 20.7. The zero-order chi connectivity index (χ0) is 25.1. The minimum Gasteiger partial charge on any atom is -0.391 e. The van der Waals surface area contributed by atoms with Crippen LogP contribution in [0.25, 0.3) is 0 Å². The SMILES string of the molecule is CC(NC(O)C1CC(O)CN1C(=O)C(NC(=O)C(C)(C)C)C(C)(C)C)c1ccc(C#N)cc1. The molecule has 8 nitrogen and oxygen atoms in total. The summed E-state index contributed by atoms with van der Waals surface area (Å²) in [5.74, 6) is -0.561. The van der Waals surface area contributed by atoms with Crippen LogP contribution in [0.1, 0.15) is 72.1 Å². The predicted octanol–water partition coefficient (Wildman–Crippen LogP) is 2.07. The number of nitriles is 1.